The summed E-state index contributed by atoms with van der Waals surface area (Å²) in [5.74, 6) is 1.48. The summed E-state index contributed by atoms with van der Waals surface area (Å²) in [5.41, 5.74) is 3.75. The molecule has 0 radical (unpaired) electrons. The van der Waals surface area contributed by atoms with Crippen LogP contribution < -0.4 is 5.32 Å². The molecule has 0 aliphatic carbocycles. The highest BCUT2D eigenvalue weighted by Gasteiger charge is 2.33. The Morgan fingerprint density at radius 3 is 2.76 bits per heavy atom. The van der Waals surface area contributed by atoms with Crippen LogP contribution in [0.15, 0.2) is 58.3 Å². The number of furan rings is 1. The number of fused-ring (bicyclic) bond motifs is 1. The minimum atomic E-state index is 0.310. The number of para-hydroxylation sites is 2. The number of rotatable bonds is 4. The van der Waals surface area contributed by atoms with Crippen LogP contribution in [0.4, 0.5) is 0 Å². The average molecular weight is 349 g/mol. The van der Waals surface area contributed by atoms with Crippen LogP contribution in [0.5, 0.6) is 0 Å². The Hall–Kier alpha value is -2.64. The molecule has 6 nitrogen and oxygen atoms in total. The van der Waals surface area contributed by atoms with Gasteiger partial charge in [-0.2, -0.15) is 5.10 Å². The van der Waals surface area contributed by atoms with E-state index in [-0.39, 0.29) is 0 Å². The molecule has 1 N–H and O–H groups in total. The van der Waals surface area contributed by atoms with Crippen molar-refractivity contribution in [1.29, 1.82) is 0 Å². The number of aromatic nitrogens is 4. The summed E-state index contributed by atoms with van der Waals surface area (Å²) in [7, 11) is 0. The zero-order chi connectivity index (χ0) is 16.8. The lowest BCUT2D eigenvalue weighted by molar-refractivity contribution is 0.578. The summed E-state index contributed by atoms with van der Waals surface area (Å²) in [4.78, 5) is 9.27. The first kappa shape index (κ1) is 14.7. The molecule has 4 aromatic rings. The van der Waals surface area contributed by atoms with Gasteiger partial charge in [0.1, 0.15) is 10.7 Å². The maximum absolute atomic E-state index is 5.61. The molecule has 1 saturated heterocycles. The van der Waals surface area contributed by atoms with Gasteiger partial charge < -0.3 is 9.73 Å². The molecular formula is C18H15N5OS. The van der Waals surface area contributed by atoms with E-state index in [9.17, 15) is 0 Å². The third-order valence-corrected chi connectivity index (χ3v) is 5.01. The summed E-state index contributed by atoms with van der Waals surface area (Å²) in [6, 6.07) is 12.0. The van der Waals surface area contributed by atoms with E-state index >= 15 is 0 Å². The van der Waals surface area contributed by atoms with Crippen LogP contribution in [0.25, 0.3) is 28.3 Å². The lowest BCUT2D eigenvalue weighted by Gasteiger charge is -2.06. The van der Waals surface area contributed by atoms with Crippen molar-refractivity contribution in [1.82, 2.24) is 25.1 Å². The van der Waals surface area contributed by atoms with Crippen LogP contribution in [0.3, 0.4) is 0 Å². The van der Waals surface area contributed by atoms with Crippen LogP contribution in [-0.4, -0.2) is 32.5 Å². The molecular weight excluding hydrogens is 334 g/mol. The van der Waals surface area contributed by atoms with Crippen molar-refractivity contribution in [2.75, 3.05) is 12.8 Å². The largest absolute Gasteiger partial charge is 0.463 e. The lowest BCUT2D eigenvalue weighted by Crippen LogP contribution is -2.03. The molecule has 1 fully saturated rings. The van der Waals surface area contributed by atoms with Crippen molar-refractivity contribution in [2.45, 2.75) is 11.1 Å². The van der Waals surface area contributed by atoms with Gasteiger partial charge in [0.05, 0.1) is 23.5 Å². The first-order valence-electron chi connectivity index (χ1n) is 8.01. The highest BCUT2D eigenvalue weighted by Crippen LogP contribution is 2.39. The Morgan fingerprint density at radius 2 is 2.04 bits per heavy atom. The zero-order valence-corrected chi connectivity index (χ0v) is 14.3. The molecule has 1 aliphatic heterocycles. The second kappa shape index (κ2) is 5.72. The predicted molar refractivity (Wildman–Crippen MR) is 96.9 cm³/mol. The minimum absolute atomic E-state index is 0.310. The summed E-state index contributed by atoms with van der Waals surface area (Å²) < 4.78 is 7.48. The molecule has 25 heavy (non-hydrogen) atoms. The summed E-state index contributed by atoms with van der Waals surface area (Å²) >= 11 is 1.66. The Labute approximate surface area is 148 Å². The second-order valence-electron chi connectivity index (χ2n) is 5.84. The van der Waals surface area contributed by atoms with E-state index in [1.54, 1.807) is 24.2 Å². The van der Waals surface area contributed by atoms with E-state index in [2.05, 4.69) is 16.6 Å². The number of nitrogens with one attached hydrogen (secondary N) is 1. The summed E-state index contributed by atoms with van der Waals surface area (Å²) in [6.45, 7) is 0.955. The standard InChI is InChI=1S/C18H15N5OS/c1-25-18-16(13-9-19-13)17(14-7-4-8-24-14)22-23(18)15-10-20-11-5-2-3-6-12(11)21-15/h2-8,10,13,19H,9H2,1H3. The lowest BCUT2D eigenvalue weighted by atomic mass is 10.1. The Bertz CT molecular complexity index is 1050. The van der Waals surface area contributed by atoms with E-state index in [0.29, 0.717) is 11.9 Å². The predicted octanol–water partition coefficient (Wildman–Crippen LogP) is 3.44. The fraction of sp³-hybridized carbons (Fsp3) is 0.167. The SMILES string of the molecule is CSc1c(C2CN2)c(-c2ccco2)nn1-c1cnc2ccccc2n1. The Morgan fingerprint density at radius 1 is 1.20 bits per heavy atom. The third-order valence-electron chi connectivity index (χ3n) is 4.24. The molecule has 3 aromatic heterocycles. The fourth-order valence-electron chi connectivity index (χ4n) is 2.99. The first-order valence-corrected chi connectivity index (χ1v) is 9.24. The van der Waals surface area contributed by atoms with E-state index in [4.69, 9.17) is 14.5 Å². The Kier molecular flexibility index (Phi) is 3.36. The highest BCUT2D eigenvalue weighted by atomic mass is 32.2. The zero-order valence-electron chi connectivity index (χ0n) is 13.5. The smallest absolute Gasteiger partial charge is 0.173 e. The van der Waals surface area contributed by atoms with Gasteiger partial charge in [0.2, 0.25) is 0 Å². The van der Waals surface area contributed by atoms with Gasteiger partial charge in [-0.1, -0.05) is 12.1 Å². The van der Waals surface area contributed by atoms with Crippen molar-refractivity contribution in [3.05, 3.63) is 54.4 Å². The quantitative estimate of drug-likeness (QED) is 0.449. The highest BCUT2D eigenvalue weighted by molar-refractivity contribution is 7.98. The molecule has 4 heterocycles. The molecule has 1 atom stereocenters. The summed E-state index contributed by atoms with van der Waals surface area (Å²) in [5, 5.41) is 9.26. The van der Waals surface area contributed by atoms with Crippen LogP contribution >= 0.6 is 11.8 Å². The second-order valence-corrected chi connectivity index (χ2v) is 6.63. The molecule has 5 rings (SSSR count). The Balaban J connectivity index is 1.73. The number of nitrogens with zero attached hydrogens (tertiary/aromatic N) is 4. The normalized spacial score (nSPS) is 16.4. The number of hydrogen-bond acceptors (Lipinski definition) is 6. The van der Waals surface area contributed by atoms with Crippen molar-refractivity contribution >= 4 is 22.8 Å². The van der Waals surface area contributed by atoms with Crippen molar-refractivity contribution < 1.29 is 4.42 Å². The minimum Gasteiger partial charge on any atom is -0.463 e. The molecule has 1 aromatic carbocycles. The number of thioether (sulfide) groups is 1. The molecule has 1 aliphatic rings. The van der Waals surface area contributed by atoms with Crippen LogP contribution in [0.2, 0.25) is 0 Å². The van der Waals surface area contributed by atoms with Crippen molar-refractivity contribution in [3.8, 4) is 17.3 Å². The number of hydrogen-bond donors (Lipinski definition) is 1. The van der Waals surface area contributed by atoms with E-state index in [1.165, 1.54) is 0 Å². The van der Waals surface area contributed by atoms with Gasteiger partial charge in [0, 0.05) is 18.2 Å². The molecule has 0 amide bonds. The van der Waals surface area contributed by atoms with E-state index in [1.807, 2.05) is 41.1 Å². The van der Waals surface area contributed by atoms with Crippen LogP contribution in [0.1, 0.15) is 11.6 Å². The fourth-order valence-corrected chi connectivity index (χ4v) is 3.75. The maximum Gasteiger partial charge on any atom is 0.173 e. The van der Waals surface area contributed by atoms with Crippen LogP contribution in [-0.2, 0) is 0 Å². The van der Waals surface area contributed by atoms with Crippen molar-refractivity contribution in [3.63, 3.8) is 0 Å². The van der Waals surface area contributed by atoms with Gasteiger partial charge >= 0.3 is 0 Å². The molecule has 0 spiro atoms. The maximum atomic E-state index is 5.61. The van der Waals surface area contributed by atoms with E-state index in [0.717, 1.165) is 39.6 Å². The molecule has 1 unspecified atom stereocenters. The van der Waals surface area contributed by atoms with Gasteiger partial charge in [-0.05, 0) is 30.5 Å². The topological polar surface area (TPSA) is 78.7 Å². The molecule has 7 heteroatoms. The van der Waals surface area contributed by atoms with Gasteiger partial charge in [-0.3, -0.25) is 4.98 Å². The van der Waals surface area contributed by atoms with Gasteiger partial charge in [0.25, 0.3) is 0 Å². The summed E-state index contributed by atoms with van der Waals surface area (Å²) in [6.07, 6.45) is 5.50. The van der Waals surface area contributed by atoms with Gasteiger partial charge in [0.15, 0.2) is 11.6 Å². The van der Waals surface area contributed by atoms with Crippen LogP contribution in [0, 0.1) is 0 Å². The third kappa shape index (κ3) is 2.43. The van der Waals surface area contributed by atoms with Crippen molar-refractivity contribution in [2.24, 2.45) is 0 Å². The van der Waals surface area contributed by atoms with Gasteiger partial charge in [-0.15, -0.1) is 11.8 Å². The monoisotopic (exact) mass is 349 g/mol. The first-order chi connectivity index (χ1) is 12.3. The number of benzene rings is 1. The molecule has 0 saturated carbocycles. The molecule has 124 valence electrons. The average Bonchev–Trinajstić information content (AvgIpc) is 3.20. The van der Waals surface area contributed by atoms with Gasteiger partial charge in [-0.25, -0.2) is 9.67 Å². The van der Waals surface area contributed by atoms with E-state index < -0.39 is 0 Å². The molecule has 0 bridgehead atoms.